The van der Waals surface area contributed by atoms with Gasteiger partial charge in [-0.05, 0) is 65.6 Å². The summed E-state index contributed by atoms with van der Waals surface area (Å²) in [5.74, 6) is 1.55. The van der Waals surface area contributed by atoms with Gasteiger partial charge in [0.2, 0.25) is 0 Å². The number of fused-ring (bicyclic) bond motifs is 1. The third-order valence-electron chi connectivity index (χ3n) is 4.86. The second-order valence-electron chi connectivity index (χ2n) is 6.78. The van der Waals surface area contributed by atoms with Crippen LogP contribution in [-0.2, 0) is 11.3 Å². The van der Waals surface area contributed by atoms with Crippen LogP contribution in [0.5, 0.6) is 11.5 Å². The largest absolute Gasteiger partial charge is 0.497 e. The van der Waals surface area contributed by atoms with Crippen LogP contribution in [0.1, 0.15) is 16.7 Å². The molecule has 0 heterocycles. The summed E-state index contributed by atoms with van der Waals surface area (Å²) in [5.41, 5.74) is 3.30. The van der Waals surface area contributed by atoms with Crippen molar-refractivity contribution in [3.8, 4) is 11.5 Å². The first-order valence-corrected chi connectivity index (χ1v) is 8.97. The monoisotopic (exact) mass is 363 g/mol. The third kappa shape index (κ3) is 4.40. The van der Waals surface area contributed by atoms with Crippen LogP contribution in [0.4, 0.5) is 0 Å². The van der Waals surface area contributed by atoms with E-state index in [0.717, 1.165) is 39.0 Å². The van der Waals surface area contributed by atoms with Crippen LogP contribution in [0.3, 0.4) is 0 Å². The minimum Gasteiger partial charge on any atom is -0.497 e. The van der Waals surface area contributed by atoms with E-state index in [1.165, 1.54) is 0 Å². The van der Waals surface area contributed by atoms with E-state index in [9.17, 15) is 4.79 Å². The summed E-state index contributed by atoms with van der Waals surface area (Å²) in [4.78, 5) is 14.1. The van der Waals surface area contributed by atoms with Crippen LogP contribution < -0.4 is 9.47 Å². The van der Waals surface area contributed by atoms with Gasteiger partial charge in [-0.15, -0.1) is 0 Å². The number of ether oxygens (including phenoxy) is 2. The highest BCUT2D eigenvalue weighted by atomic mass is 16.5. The Morgan fingerprint density at radius 2 is 1.74 bits per heavy atom. The molecule has 0 spiro atoms. The first kappa shape index (κ1) is 18.8. The summed E-state index contributed by atoms with van der Waals surface area (Å²) in [6, 6.07) is 18.0. The average Bonchev–Trinajstić information content (AvgIpc) is 2.68. The van der Waals surface area contributed by atoms with Gasteiger partial charge in [-0.1, -0.05) is 30.3 Å². The van der Waals surface area contributed by atoms with E-state index in [4.69, 9.17) is 9.47 Å². The molecule has 4 nitrogen and oxygen atoms in total. The first-order chi connectivity index (χ1) is 13.0. The maximum atomic E-state index is 12.4. The van der Waals surface area contributed by atoms with Gasteiger partial charge in [0.05, 0.1) is 7.11 Å². The summed E-state index contributed by atoms with van der Waals surface area (Å²) < 4.78 is 11.0. The van der Waals surface area contributed by atoms with Crippen molar-refractivity contribution in [3.63, 3.8) is 0 Å². The van der Waals surface area contributed by atoms with Gasteiger partial charge in [0.1, 0.15) is 11.5 Å². The molecule has 4 heteroatoms. The summed E-state index contributed by atoms with van der Waals surface area (Å²) in [7, 11) is 3.46. The topological polar surface area (TPSA) is 38.8 Å². The Labute approximate surface area is 160 Å². The van der Waals surface area contributed by atoms with Crippen molar-refractivity contribution in [2.24, 2.45) is 0 Å². The zero-order valence-electron chi connectivity index (χ0n) is 16.3. The number of nitrogens with zero attached hydrogens (tertiary/aromatic N) is 1. The lowest BCUT2D eigenvalue weighted by molar-refractivity contribution is -0.132. The molecule has 0 N–H and O–H groups in total. The van der Waals surface area contributed by atoms with Crippen molar-refractivity contribution in [3.05, 3.63) is 71.3 Å². The Kier molecular flexibility index (Phi) is 5.65. The van der Waals surface area contributed by atoms with E-state index in [0.29, 0.717) is 6.54 Å². The second kappa shape index (κ2) is 8.12. The van der Waals surface area contributed by atoms with Crippen LogP contribution in [-0.4, -0.2) is 31.6 Å². The Morgan fingerprint density at radius 1 is 1.00 bits per heavy atom. The number of amides is 1. The molecule has 1 amide bonds. The van der Waals surface area contributed by atoms with E-state index in [2.05, 4.69) is 12.1 Å². The van der Waals surface area contributed by atoms with Crippen molar-refractivity contribution in [2.45, 2.75) is 20.4 Å². The molecule has 140 valence electrons. The predicted molar refractivity (Wildman–Crippen MR) is 108 cm³/mol. The van der Waals surface area contributed by atoms with Crippen LogP contribution in [0, 0.1) is 13.8 Å². The van der Waals surface area contributed by atoms with Crippen LogP contribution >= 0.6 is 0 Å². The number of methoxy groups -OCH3 is 1. The molecule has 0 aliphatic carbocycles. The van der Waals surface area contributed by atoms with Gasteiger partial charge in [0.15, 0.2) is 6.61 Å². The van der Waals surface area contributed by atoms with Gasteiger partial charge in [-0.25, -0.2) is 0 Å². The minimum atomic E-state index is -0.0502. The lowest BCUT2D eigenvalue weighted by atomic mass is 10.1. The smallest absolute Gasteiger partial charge is 0.260 e. The van der Waals surface area contributed by atoms with Gasteiger partial charge in [0.25, 0.3) is 5.91 Å². The molecule has 0 unspecified atom stereocenters. The SMILES string of the molecule is COc1ccc2cc(CN(C)C(=O)COc3cccc(C)c3C)ccc2c1. The molecule has 27 heavy (non-hydrogen) atoms. The molecule has 0 aliphatic rings. The quantitative estimate of drug-likeness (QED) is 0.647. The first-order valence-electron chi connectivity index (χ1n) is 8.97. The molecule has 0 bridgehead atoms. The van der Waals surface area contributed by atoms with Crippen LogP contribution in [0.2, 0.25) is 0 Å². The fourth-order valence-corrected chi connectivity index (χ4v) is 2.99. The number of benzene rings is 3. The summed E-state index contributed by atoms with van der Waals surface area (Å²) in [6.45, 7) is 4.61. The normalized spacial score (nSPS) is 10.7. The zero-order valence-corrected chi connectivity index (χ0v) is 16.3. The number of carbonyl (C=O) groups excluding carboxylic acids is 1. The molecule has 0 saturated carbocycles. The molecular weight excluding hydrogens is 338 g/mol. The number of rotatable bonds is 6. The fraction of sp³-hybridized carbons (Fsp3) is 0.261. The van der Waals surface area contributed by atoms with Gasteiger partial charge < -0.3 is 14.4 Å². The van der Waals surface area contributed by atoms with Crippen molar-refractivity contribution < 1.29 is 14.3 Å². The fourth-order valence-electron chi connectivity index (χ4n) is 2.99. The van der Waals surface area contributed by atoms with Gasteiger partial charge >= 0.3 is 0 Å². The molecule has 0 fully saturated rings. The number of aryl methyl sites for hydroxylation is 1. The highest BCUT2D eigenvalue weighted by Crippen LogP contribution is 2.23. The van der Waals surface area contributed by atoms with Crippen molar-refractivity contribution in [1.29, 1.82) is 0 Å². The maximum Gasteiger partial charge on any atom is 0.260 e. The predicted octanol–water partition coefficient (Wildman–Crippen LogP) is 4.50. The lowest BCUT2D eigenvalue weighted by Gasteiger charge is -2.19. The molecule has 3 rings (SSSR count). The molecule has 3 aromatic carbocycles. The minimum absolute atomic E-state index is 0.0333. The van der Waals surface area contributed by atoms with Crippen LogP contribution in [0.15, 0.2) is 54.6 Å². The Hall–Kier alpha value is -3.01. The Bertz CT molecular complexity index is 965. The molecular formula is C23H25NO3. The average molecular weight is 363 g/mol. The standard InChI is InChI=1S/C23H25NO3/c1-16-6-5-7-22(17(16)2)27-15-23(25)24(3)14-18-8-9-20-13-21(26-4)11-10-19(20)12-18/h5-13H,14-15H2,1-4H3. The second-order valence-corrected chi connectivity index (χ2v) is 6.78. The van der Waals surface area contributed by atoms with Gasteiger partial charge in [0, 0.05) is 13.6 Å². The van der Waals surface area contributed by atoms with E-state index in [1.807, 2.05) is 56.3 Å². The summed E-state index contributed by atoms with van der Waals surface area (Å²) in [6.07, 6.45) is 0. The van der Waals surface area contributed by atoms with E-state index in [-0.39, 0.29) is 12.5 Å². The highest BCUT2D eigenvalue weighted by Gasteiger charge is 2.12. The maximum absolute atomic E-state index is 12.4. The molecule has 0 radical (unpaired) electrons. The number of hydrogen-bond donors (Lipinski definition) is 0. The third-order valence-corrected chi connectivity index (χ3v) is 4.86. The highest BCUT2D eigenvalue weighted by molar-refractivity contribution is 5.84. The number of carbonyl (C=O) groups is 1. The molecule has 0 atom stereocenters. The number of likely N-dealkylation sites (N-methyl/N-ethyl adjacent to an activating group) is 1. The summed E-state index contributed by atoms with van der Waals surface area (Å²) in [5, 5.41) is 2.24. The van der Waals surface area contributed by atoms with Gasteiger partial charge in [-0.2, -0.15) is 0 Å². The number of hydrogen-bond acceptors (Lipinski definition) is 3. The van der Waals surface area contributed by atoms with Crippen molar-refractivity contribution in [1.82, 2.24) is 4.90 Å². The lowest BCUT2D eigenvalue weighted by Crippen LogP contribution is -2.31. The summed E-state index contributed by atoms with van der Waals surface area (Å²) >= 11 is 0. The molecule has 0 aromatic heterocycles. The van der Waals surface area contributed by atoms with E-state index >= 15 is 0 Å². The van der Waals surface area contributed by atoms with Crippen molar-refractivity contribution in [2.75, 3.05) is 20.8 Å². The van der Waals surface area contributed by atoms with Gasteiger partial charge in [-0.3, -0.25) is 4.79 Å². The molecule has 0 saturated heterocycles. The molecule has 3 aromatic rings. The van der Waals surface area contributed by atoms with E-state index in [1.54, 1.807) is 19.1 Å². The van der Waals surface area contributed by atoms with Crippen molar-refractivity contribution >= 4 is 16.7 Å². The van der Waals surface area contributed by atoms with Crippen LogP contribution in [0.25, 0.3) is 10.8 Å². The Balaban J connectivity index is 1.63. The molecule has 0 aliphatic heterocycles. The zero-order chi connectivity index (χ0) is 19.4. The van der Waals surface area contributed by atoms with E-state index < -0.39 is 0 Å². The Morgan fingerprint density at radius 3 is 2.52 bits per heavy atom.